The fourth-order valence-corrected chi connectivity index (χ4v) is 2.62. The molecule has 0 unspecified atom stereocenters. The Morgan fingerprint density at radius 3 is 0.750 bits per heavy atom. The third-order valence-electron chi connectivity index (χ3n) is 3.96. The SMILES string of the molecule is CCCCCCCCCCCCCCCCCC.O=S(=O)(O)O.[NaH]. The fourth-order valence-electron chi connectivity index (χ4n) is 2.62. The molecule has 2 N–H and O–H groups in total. The number of hydrogen-bond acceptors (Lipinski definition) is 2. The molecule has 0 saturated carbocycles. The molecule has 0 heterocycles. The molecule has 0 aromatic heterocycles. The molecule has 0 saturated heterocycles. The molecule has 0 aliphatic heterocycles. The van der Waals surface area contributed by atoms with Gasteiger partial charge in [-0.1, -0.05) is 117 Å². The van der Waals surface area contributed by atoms with Crippen LogP contribution in [0.25, 0.3) is 0 Å². The predicted molar refractivity (Wildman–Crippen MR) is 107 cm³/mol. The average Bonchev–Trinajstić information content (AvgIpc) is 2.46. The summed E-state index contributed by atoms with van der Waals surface area (Å²) in [5.41, 5.74) is 0. The van der Waals surface area contributed by atoms with E-state index in [9.17, 15) is 0 Å². The van der Waals surface area contributed by atoms with Gasteiger partial charge in [0.15, 0.2) is 0 Å². The van der Waals surface area contributed by atoms with E-state index in [1.807, 2.05) is 0 Å². The third kappa shape index (κ3) is 43.4. The molecule has 0 aromatic carbocycles. The predicted octanol–water partition coefficient (Wildman–Crippen LogP) is 5.97. The molecular weight excluding hydrogens is 335 g/mol. The molecule has 0 bridgehead atoms. The van der Waals surface area contributed by atoms with Crippen molar-refractivity contribution in [2.24, 2.45) is 0 Å². The van der Waals surface area contributed by atoms with Gasteiger partial charge in [0.05, 0.1) is 0 Å². The quantitative estimate of drug-likeness (QED) is 0.210. The van der Waals surface area contributed by atoms with Crippen LogP contribution in [0.1, 0.15) is 117 Å². The molecule has 0 amide bonds. The van der Waals surface area contributed by atoms with Crippen molar-refractivity contribution in [1.82, 2.24) is 0 Å². The topological polar surface area (TPSA) is 74.6 Å². The normalized spacial score (nSPS) is 10.7. The van der Waals surface area contributed by atoms with Gasteiger partial charge < -0.3 is 0 Å². The Kier molecular flexibility index (Phi) is 29.5. The Hall–Kier alpha value is 0.870. The molecule has 4 nitrogen and oxygen atoms in total. The van der Waals surface area contributed by atoms with E-state index in [0.29, 0.717) is 0 Å². The summed E-state index contributed by atoms with van der Waals surface area (Å²) >= 11 is 0. The van der Waals surface area contributed by atoms with Crippen LogP contribution in [0.5, 0.6) is 0 Å². The van der Waals surface area contributed by atoms with Crippen molar-refractivity contribution in [3.63, 3.8) is 0 Å². The Bertz CT molecular complexity index is 284. The molecule has 0 aromatic rings. The summed E-state index contributed by atoms with van der Waals surface area (Å²) in [5, 5.41) is 0. The molecule has 0 radical (unpaired) electrons. The molecule has 0 aliphatic rings. The Labute approximate surface area is 173 Å². The van der Waals surface area contributed by atoms with Crippen LogP contribution in [0.4, 0.5) is 0 Å². The van der Waals surface area contributed by atoms with Crippen molar-refractivity contribution < 1.29 is 17.5 Å². The molecule has 144 valence electrons. The average molecular weight is 377 g/mol. The molecule has 0 rings (SSSR count). The van der Waals surface area contributed by atoms with Crippen LogP contribution in [0.3, 0.4) is 0 Å². The van der Waals surface area contributed by atoms with Crippen molar-refractivity contribution in [1.29, 1.82) is 0 Å². The summed E-state index contributed by atoms with van der Waals surface area (Å²) in [6.07, 6.45) is 23.4. The van der Waals surface area contributed by atoms with E-state index < -0.39 is 10.4 Å². The van der Waals surface area contributed by atoms with Gasteiger partial charge >= 0.3 is 40.0 Å². The summed E-state index contributed by atoms with van der Waals surface area (Å²) in [7, 11) is -4.67. The molecule has 6 heteroatoms. The second kappa shape index (κ2) is 23.9. The molecular formula is C18H41NaO4S. The Morgan fingerprint density at radius 2 is 0.625 bits per heavy atom. The minimum absolute atomic E-state index is 0. The fraction of sp³-hybridized carbons (Fsp3) is 1.00. The molecule has 0 atom stereocenters. The van der Waals surface area contributed by atoms with E-state index in [-0.39, 0.29) is 29.6 Å². The number of rotatable bonds is 15. The first-order valence-electron chi connectivity index (χ1n) is 9.61. The van der Waals surface area contributed by atoms with Crippen LogP contribution in [-0.4, -0.2) is 47.1 Å². The summed E-state index contributed by atoms with van der Waals surface area (Å²) in [5.74, 6) is 0. The van der Waals surface area contributed by atoms with Gasteiger partial charge in [-0.3, -0.25) is 9.11 Å². The van der Waals surface area contributed by atoms with Crippen molar-refractivity contribution in [3.8, 4) is 0 Å². The number of unbranched alkanes of at least 4 members (excludes halogenated alkanes) is 15. The zero-order valence-electron chi connectivity index (χ0n) is 15.4. The second-order valence-electron chi connectivity index (χ2n) is 6.40. The summed E-state index contributed by atoms with van der Waals surface area (Å²) in [4.78, 5) is 0. The van der Waals surface area contributed by atoms with Crippen LogP contribution >= 0.6 is 0 Å². The zero-order valence-corrected chi connectivity index (χ0v) is 16.2. The van der Waals surface area contributed by atoms with Crippen molar-refractivity contribution in [2.75, 3.05) is 0 Å². The Balaban J connectivity index is -0.000000639. The maximum atomic E-state index is 8.74. The van der Waals surface area contributed by atoms with E-state index in [2.05, 4.69) is 13.8 Å². The minimum atomic E-state index is -4.67. The first kappa shape index (κ1) is 29.6. The van der Waals surface area contributed by atoms with E-state index >= 15 is 0 Å². The van der Waals surface area contributed by atoms with Crippen LogP contribution in [0, 0.1) is 0 Å². The van der Waals surface area contributed by atoms with Crippen molar-refractivity contribution in [3.05, 3.63) is 0 Å². The van der Waals surface area contributed by atoms with Gasteiger partial charge in [0.1, 0.15) is 0 Å². The van der Waals surface area contributed by atoms with E-state index in [0.717, 1.165) is 0 Å². The summed E-state index contributed by atoms with van der Waals surface area (Å²) in [6, 6.07) is 0. The number of hydrogen-bond donors (Lipinski definition) is 2. The monoisotopic (exact) mass is 376 g/mol. The Morgan fingerprint density at radius 1 is 0.500 bits per heavy atom. The first-order valence-corrected chi connectivity index (χ1v) is 11.0. The first-order chi connectivity index (χ1) is 10.9. The van der Waals surface area contributed by atoms with Crippen LogP contribution in [-0.2, 0) is 10.4 Å². The van der Waals surface area contributed by atoms with Crippen LogP contribution in [0.15, 0.2) is 0 Å². The third-order valence-corrected chi connectivity index (χ3v) is 3.96. The maximum absolute atomic E-state index is 8.74. The summed E-state index contributed by atoms with van der Waals surface area (Å²) < 4.78 is 31.6. The van der Waals surface area contributed by atoms with Gasteiger partial charge in [-0.2, -0.15) is 8.42 Å². The second-order valence-corrected chi connectivity index (χ2v) is 7.29. The van der Waals surface area contributed by atoms with Crippen molar-refractivity contribution >= 4 is 40.0 Å². The molecule has 0 fully saturated rings. The standard InChI is InChI=1S/C18H38.Na.H2O4S.H/c1-3-5-7-9-11-13-15-17-18-16-14-12-10-8-6-4-2;;1-5(2,3)4;/h3-18H2,1-2H3;;(H2,1,2,3,4);. The van der Waals surface area contributed by atoms with Gasteiger partial charge in [0.2, 0.25) is 0 Å². The van der Waals surface area contributed by atoms with E-state index in [1.165, 1.54) is 103 Å². The van der Waals surface area contributed by atoms with Gasteiger partial charge in [-0.25, -0.2) is 0 Å². The van der Waals surface area contributed by atoms with Gasteiger partial charge in [-0.15, -0.1) is 0 Å². The molecule has 0 spiro atoms. The molecule has 24 heavy (non-hydrogen) atoms. The van der Waals surface area contributed by atoms with E-state index in [1.54, 1.807) is 0 Å². The molecule has 0 aliphatic carbocycles. The van der Waals surface area contributed by atoms with Crippen LogP contribution < -0.4 is 0 Å². The van der Waals surface area contributed by atoms with E-state index in [4.69, 9.17) is 17.5 Å². The van der Waals surface area contributed by atoms with Gasteiger partial charge in [0.25, 0.3) is 0 Å². The van der Waals surface area contributed by atoms with Crippen molar-refractivity contribution in [2.45, 2.75) is 117 Å². The van der Waals surface area contributed by atoms with Crippen LogP contribution in [0.2, 0.25) is 0 Å². The summed E-state index contributed by atoms with van der Waals surface area (Å²) in [6.45, 7) is 4.59. The zero-order chi connectivity index (χ0) is 17.8. The van der Waals surface area contributed by atoms with Gasteiger partial charge in [-0.05, 0) is 0 Å². The van der Waals surface area contributed by atoms with Gasteiger partial charge in [0, 0.05) is 0 Å².